The molecule has 14 nitrogen and oxygen atoms in total. The van der Waals surface area contributed by atoms with Crippen LogP contribution in [0.5, 0.6) is 0 Å². The molecule has 0 bridgehead atoms. The molecule has 0 spiro atoms. The summed E-state index contributed by atoms with van der Waals surface area (Å²) in [6, 6.07) is 12.9. The molecule has 2 aromatic heterocycles. The molecule has 2 aromatic carbocycles. The Kier molecular flexibility index (Phi) is 12.7. The van der Waals surface area contributed by atoms with E-state index in [1.165, 1.54) is 20.6 Å². The summed E-state index contributed by atoms with van der Waals surface area (Å²) >= 11 is 0. The van der Waals surface area contributed by atoms with E-state index in [0.29, 0.717) is 13.1 Å². The van der Waals surface area contributed by atoms with Crippen molar-refractivity contribution in [2.24, 2.45) is 16.8 Å². The van der Waals surface area contributed by atoms with Gasteiger partial charge in [-0.1, -0.05) is 70.2 Å². The van der Waals surface area contributed by atoms with E-state index in [1.54, 1.807) is 0 Å². The first-order valence-corrected chi connectivity index (χ1v) is 19.0. The number of H-pyrrole nitrogens is 2. The number of carbonyl (C=O) groups is 3. The van der Waals surface area contributed by atoms with Crippen LogP contribution in [0.1, 0.15) is 88.2 Å². The van der Waals surface area contributed by atoms with E-state index >= 15 is 0 Å². The second-order valence-electron chi connectivity index (χ2n) is 14.8. The van der Waals surface area contributed by atoms with Crippen LogP contribution in [0, 0.1) is 11.8 Å². The highest BCUT2D eigenvalue weighted by atomic mass is 17.2. The van der Waals surface area contributed by atoms with Gasteiger partial charge in [-0.3, -0.25) is 9.59 Å². The maximum Gasteiger partial charge on any atom is 0.407 e. The number of imidazole rings is 2. The normalized spacial score (nSPS) is 18.6. The number of alkyl carbamates (subject to hydrolysis) is 1. The minimum atomic E-state index is -0.677. The molecule has 0 unspecified atom stereocenters. The Morgan fingerprint density at radius 2 is 1.64 bits per heavy atom. The molecule has 4 atom stereocenters. The van der Waals surface area contributed by atoms with Gasteiger partial charge < -0.3 is 34.7 Å². The third-order valence-corrected chi connectivity index (χ3v) is 10.4. The number of hydrogen-bond acceptors (Lipinski definition) is 9. The lowest BCUT2D eigenvalue weighted by Gasteiger charge is -2.29. The van der Waals surface area contributed by atoms with Gasteiger partial charge in [-0.2, -0.15) is 4.89 Å². The summed E-state index contributed by atoms with van der Waals surface area (Å²) in [6.45, 7) is 9.01. The zero-order chi connectivity index (χ0) is 39.1. The number of nitrogens with one attached hydrogen (secondary N) is 3. The zero-order valence-electron chi connectivity index (χ0n) is 32.5. The van der Waals surface area contributed by atoms with Gasteiger partial charge in [0.25, 0.3) is 0 Å². The van der Waals surface area contributed by atoms with Crippen LogP contribution in [0.15, 0.2) is 59.7 Å². The lowest BCUT2D eigenvalue weighted by atomic mass is 10.0. The predicted molar refractivity (Wildman–Crippen MR) is 210 cm³/mol. The van der Waals surface area contributed by atoms with Crippen molar-refractivity contribution in [2.45, 2.75) is 84.0 Å². The number of hydrogen-bond donors (Lipinski definition) is 3. The van der Waals surface area contributed by atoms with Crippen molar-refractivity contribution >= 4 is 41.4 Å². The highest BCUT2D eigenvalue weighted by Crippen LogP contribution is 2.34. The number of allylic oxidation sites excluding steroid dienone is 1. The average molecular weight is 753 g/mol. The smallest absolute Gasteiger partial charge is 0.407 e. The molecule has 0 saturated carbocycles. The Morgan fingerprint density at radius 1 is 0.927 bits per heavy atom. The molecule has 2 fully saturated rings. The number of aromatic nitrogens is 4. The first-order valence-electron chi connectivity index (χ1n) is 19.0. The topological polar surface area (TPSA) is 167 Å². The number of nitrogens with zero attached hydrogens (tertiary/aromatic N) is 5. The molecule has 2 aliphatic heterocycles. The molecule has 0 aliphatic carbocycles. The van der Waals surface area contributed by atoms with Gasteiger partial charge in [-0.25, -0.2) is 19.8 Å². The second-order valence-corrected chi connectivity index (χ2v) is 14.8. The average Bonchev–Trinajstić information content (AvgIpc) is 4.01. The molecule has 4 heterocycles. The van der Waals surface area contributed by atoms with Gasteiger partial charge >= 0.3 is 6.09 Å². The number of likely N-dealkylation sites (tertiary alicyclic amines) is 2. The molecule has 6 rings (SSSR count). The number of carbonyl (C=O) groups excluding carboxylic acids is 3. The number of aromatic amines is 2. The highest BCUT2D eigenvalue weighted by molar-refractivity contribution is 5.87. The fourth-order valence-electron chi connectivity index (χ4n) is 7.45. The third-order valence-electron chi connectivity index (χ3n) is 10.4. The number of methoxy groups -OCH3 is 1. The highest BCUT2D eigenvalue weighted by Gasteiger charge is 2.38. The molecule has 55 heavy (non-hydrogen) atoms. The van der Waals surface area contributed by atoms with Crippen LogP contribution in [0.3, 0.4) is 0 Å². The number of benzene rings is 2. The molecule has 3 N–H and O–H groups in total. The summed E-state index contributed by atoms with van der Waals surface area (Å²) in [6.07, 6.45) is 10.7. The first kappa shape index (κ1) is 39.2. The van der Waals surface area contributed by atoms with Crippen LogP contribution >= 0.6 is 0 Å². The minimum absolute atomic E-state index is 0.00472. The number of aliphatic imine (C=N–C) groups is 1. The summed E-state index contributed by atoms with van der Waals surface area (Å²) in [5.74, 6) is 1.25. The molecule has 3 amide bonds. The Labute approximate surface area is 321 Å². The van der Waals surface area contributed by atoms with Crippen LogP contribution in [0.25, 0.3) is 28.4 Å². The molecule has 0 radical (unpaired) electrons. The monoisotopic (exact) mass is 752 g/mol. The lowest BCUT2D eigenvalue weighted by Crippen LogP contribution is -2.51. The largest absolute Gasteiger partial charge is 0.453 e. The summed E-state index contributed by atoms with van der Waals surface area (Å²) in [4.78, 5) is 72.9. The van der Waals surface area contributed by atoms with Gasteiger partial charge in [0.05, 0.1) is 49.2 Å². The summed E-state index contributed by atoms with van der Waals surface area (Å²) in [5.41, 5.74) is 5.87. The predicted octanol–water partition coefficient (Wildman–Crippen LogP) is 6.55. The Hall–Kier alpha value is -5.50. The van der Waals surface area contributed by atoms with Crippen molar-refractivity contribution in [3.8, 4) is 11.3 Å². The summed E-state index contributed by atoms with van der Waals surface area (Å²) < 4.78 is 4.76. The fraction of sp³-hybridized carbons (Fsp3) is 0.463. The number of rotatable bonds is 14. The maximum absolute atomic E-state index is 13.5. The molecule has 14 heteroatoms. The Balaban J connectivity index is 1.07. The van der Waals surface area contributed by atoms with Gasteiger partial charge in [0.1, 0.15) is 23.7 Å². The number of amides is 3. The van der Waals surface area contributed by atoms with Crippen molar-refractivity contribution in [1.82, 2.24) is 35.1 Å². The maximum atomic E-state index is 13.5. The molecular weight excluding hydrogens is 701 g/mol. The SMILES string of the molecule is COO/C=N/[C@H](C(=O)N1CCC[C@H]1c1ncc(-c2ccc(C=CCc3ccc4[nH]c([C@@H]5CCCN5C(=O)[C@@H](NC(=O)OC)C(C)C)nc4c3)cc2)[nH]1)C(C)C. The summed E-state index contributed by atoms with van der Waals surface area (Å²) in [7, 11) is 2.69. The quantitative estimate of drug-likeness (QED) is 0.0565. The van der Waals surface area contributed by atoms with E-state index in [4.69, 9.17) is 14.6 Å². The fourth-order valence-corrected chi connectivity index (χ4v) is 7.45. The van der Waals surface area contributed by atoms with Crippen molar-refractivity contribution in [3.05, 3.63) is 77.5 Å². The van der Waals surface area contributed by atoms with Crippen LogP contribution in [-0.4, -0.2) is 93.4 Å². The molecule has 2 aliphatic rings. The molecule has 292 valence electrons. The van der Waals surface area contributed by atoms with E-state index in [9.17, 15) is 14.4 Å². The van der Waals surface area contributed by atoms with Gasteiger partial charge in [0.2, 0.25) is 18.2 Å². The van der Waals surface area contributed by atoms with Crippen LogP contribution in [0.4, 0.5) is 4.79 Å². The van der Waals surface area contributed by atoms with Gasteiger partial charge in [0.15, 0.2) is 0 Å². The second kappa shape index (κ2) is 17.8. The third kappa shape index (κ3) is 9.07. The number of ether oxygens (including phenoxy) is 1. The minimum Gasteiger partial charge on any atom is -0.453 e. The zero-order valence-corrected chi connectivity index (χ0v) is 32.5. The first-order chi connectivity index (χ1) is 26.6. The van der Waals surface area contributed by atoms with Crippen molar-refractivity contribution in [1.29, 1.82) is 0 Å². The lowest BCUT2D eigenvalue weighted by molar-refractivity contribution is -0.188. The standard InChI is InChI=1S/C41H52N8O6/c1-25(2)35(43-24-55-54-6)39(50)48-20-8-12-33(48)37-42-23-32(46-37)29-17-14-27(15-18-29)10-7-11-28-16-19-30-31(22-28)45-38(44-30)34-13-9-21-49(34)40(51)36(26(3)4)47-41(52)53-5/h7,10,14-19,22-26,33-36H,8-9,11-13,20-21H2,1-6H3,(H,42,46)(H,44,45)(H,47,52)/b10-7?,43-24+/t33-,34-,35-,36-/m0/s1. The summed E-state index contributed by atoms with van der Waals surface area (Å²) in [5, 5.41) is 2.70. The Morgan fingerprint density at radius 3 is 2.31 bits per heavy atom. The molecule has 4 aromatic rings. The van der Waals surface area contributed by atoms with Crippen molar-refractivity contribution < 1.29 is 28.9 Å². The van der Waals surface area contributed by atoms with E-state index in [2.05, 4.69) is 78.7 Å². The van der Waals surface area contributed by atoms with Crippen molar-refractivity contribution in [2.75, 3.05) is 27.3 Å². The van der Waals surface area contributed by atoms with Crippen molar-refractivity contribution in [3.63, 3.8) is 0 Å². The van der Waals surface area contributed by atoms with Crippen LogP contribution in [0.2, 0.25) is 0 Å². The Bertz CT molecular complexity index is 2000. The molecule has 2 saturated heterocycles. The van der Waals surface area contributed by atoms with E-state index < -0.39 is 18.2 Å². The van der Waals surface area contributed by atoms with Gasteiger partial charge in [0, 0.05) is 13.1 Å². The molecular formula is C41H52N8O6. The van der Waals surface area contributed by atoms with E-state index in [1.807, 2.05) is 49.8 Å². The van der Waals surface area contributed by atoms with E-state index in [-0.39, 0.29) is 35.7 Å². The van der Waals surface area contributed by atoms with Crippen LogP contribution in [-0.2, 0) is 30.5 Å². The van der Waals surface area contributed by atoms with E-state index in [0.717, 1.165) is 77.2 Å². The van der Waals surface area contributed by atoms with Crippen LogP contribution < -0.4 is 5.32 Å². The van der Waals surface area contributed by atoms with Gasteiger partial charge in [-0.15, -0.1) is 0 Å². The number of fused-ring (bicyclic) bond motifs is 1. The van der Waals surface area contributed by atoms with Gasteiger partial charge in [-0.05, 0) is 72.8 Å².